The van der Waals surface area contributed by atoms with Crippen LogP contribution in [0.2, 0.25) is 0 Å². The van der Waals surface area contributed by atoms with Gasteiger partial charge in [0.05, 0.1) is 0 Å². The van der Waals surface area contributed by atoms with Gasteiger partial charge < -0.3 is 5.32 Å². The normalized spacial score (nSPS) is 20.8. The van der Waals surface area contributed by atoms with Crippen molar-refractivity contribution >= 4 is 11.8 Å². The molecule has 1 aliphatic rings. The van der Waals surface area contributed by atoms with Gasteiger partial charge in [-0.2, -0.15) is 11.8 Å². The molecule has 0 aromatic heterocycles. The van der Waals surface area contributed by atoms with Crippen molar-refractivity contribution in [1.29, 1.82) is 0 Å². The van der Waals surface area contributed by atoms with Crippen molar-refractivity contribution in [3.8, 4) is 0 Å². The molecule has 0 radical (unpaired) electrons. The number of rotatable bonds is 3. The van der Waals surface area contributed by atoms with E-state index in [1.54, 1.807) is 0 Å². The standard InChI is InChI=1S/C11H13F2NS/c12-9-1-2-11(13)8(5-9)6-14-10-3-4-15-7-10/h1-2,5,10,14H,3-4,6-7H2. The van der Waals surface area contributed by atoms with E-state index in [0.717, 1.165) is 24.0 Å². The van der Waals surface area contributed by atoms with Gasteiger partial charge in [-0.15, -0.1) is 0 Å². The Morgan fingerprint density at radius 3 is 3.00 bits per heavy atom. The van der Waals surface area contributed by atoms with Gasteiger partial charge in [0, 0.05) is 23.9 Å². The Morgan fingerprint density at radius 2 is 2.27 bits per heavy atom. The molecular weight excluding hydrogens is 216 g/mol. The number of thioether (sulfide) groups is 1. The van der Waals surface area contributed by atoms with Crippen LogP contribution in [0.5, 0.6) is 0 Å². The quantitative estimate of drug-likeness (QED) is 0.855. The summed E-state index contributed by atoms with van der Waals surface area (Å²) in [6.45, 7) is 0.412. The van der Waals surface area contributed by atoms with E-state index in [4.69, 9.17) is 0 Å². The second-order valence-corrected chi connectivity index (χ2v) is 4.83. The Labute approximate surface area is 92.3 Å². The van der Waals surface area contributed by atoms with Gasteiger partial charge in [0.15, 0.2) is 0 Å². The van der Waals surface area contributed by atoms with Crippen molar-refractivity contribution in [2.45, 2.75) is 19.0 Å². The van der Waals surface area contributed by atoms with E-state index in [1.165, 1.54) is 12.1 Å². The summed E-state index contributed by atoms with van der Waals surface area (Å²) < 4.78 is 26.1. The van der Waals surface area contributed by atoms with E-state index in [2.05, 4.69) is 5.32 Å². The van der Waals surface area contributed by atoms with Crippen molar-refractivity contribution in [3.05, 3.63) is 35.4 Å². The number of hydrogen-bond donors (Lipinski definition) is 1. The third-order valence-corrected chi connectivity index (χ3v) is 3.68. The van der Waals surface area contributed by atoms with Gasteiger partial charge in [-0.3, -0.25) is 0 Å². The minimum Gasteiger partial charge on any atom is -0.309 e. The molecule has 1 atom stereocenters. The molecule has 1 N–H and O–H groups in total. The molecule has 1 aromatic carbocycles. The second kappa shape index (κ2) is 4.94. The summed E-state index contributed by atoms with van der Waals surface area (Å²) in [6.07, 6.45) is 1.11. The summed E-state index contributed by atoms with van der Waals surface area (Å²) in [5.41, 5.74) is 0.409. The first-order valence-electron chi connectivity index (χ1n) is 5.01. The summed E-state index contributed by atoms with van der Waals surface area (Å²) in [6, 6.07) is 4.02. The van der Waals surface area contributed by atoms with Crippen LogP contribution < -0.4 is 5.32 Å². The highest BCUT2D eigenvalue weighted by Gasteiger charge is 2.15. The molecule has 1 saturated heterocycles. The van der Waals surface area contributed by atoms with E-state index in [-0.39, 0.29) is 11.6 Å². The van der Waals surface area contributed by atoms with Gasteiger partial charge in [-0.05, 0) is 30.4 Å². The van der Waals surface area contributed by atoms with Crippen LogP contribution >= 0.6 is 11.8 Å². The van der Waals surface area contributed by atoms with Gasteiger partial charge in [-0.1, -0.05) is 0 Å². The van der Waals surface area contributed by atoms with Crippen molar-refractivity contribution < 1.29 is 8.78 Å². The van der Waals surface area contributed by atoms with E-state index >= 15 is 0 Å². The maximum atomic E-state index is 13.2. The summed E-state index contributed by atoms with van der Waals surface area (Å²) in [5.74, 6) is 1.50. The zero-order valence-corrected chi connectivity index (χ0v) is 9.12. The van der Waals surface area contributed by atoms with Gasteiger partial charge in [0.1, 0.15) is 11.6 Å². The summed E-state index contributed by atoms with van der Waals surface area (Å²) >= 11 is 1.89. The maximum absolute atomic E-state index is 13.2. The molecule has 0 aliphatic carbocycles. The molecule has 1 unspecified atom stereocenters. The molecule has 0 saturated carbocycles. The van der Waals surface area contributed by atoms with Crippen molar-refractivity contribution in [2.24, 2.45) is 0 Å². The molecule has 82 valence electrons. The first-order valence-corrected chi connectivity index (χ1v) is 6.16. The number of halogens is 2. The van der Waals surface area contributed by atoms with E-state index in [0.29, 0.717) is 18.2 Å². The number of benzene rings is 1. The average molecular weight is 229 g/mol. The smallest absolute Gasteiger partial charge is 0.127 e. The lowest BCUT2D eigenvalue weighted by Gasteiger charge is -2.11. The largest absolute Gasteiger partial charge is 0.309 e. The predicted octanol–water partition coefficient (Wildman–Crippen LogP) is 2.56. The fourth-order valence-electron chi connectivity index (χ4n) is 1.63. The number of nitrogens with one attached hydrogen (secondary N) is 1. The fourth-order valence-corrected chi connectivity index (χ4v) is 2.82. The monoisotopic (exact) mass is 229 g/mol. The van der Waals surface area contributed by atoms with Crippen LogP contribution in [0.1, 0.15) is 12.0 Å². The molecule has 1 heterocycles. The second-order valence-electron chi connectivity index (χ2n) is 3.68. The van der Waals surface area contributed by atoms with E-state index < -0.39 is 0 Å². The van der Waals surface area contributed by atoms with Crippen LogP contribution in [-0.2, 0) is 6.54 Å². The molecule has 1 aromatic rings. The Kier molecular flexibility index (Phi) is 3.59. The zero-order valence-electron chi connectivity index (χ0n) is 8.30. The highest BCUT2D eigenvalue weighted by atomic mass is 32.2. The Balaban J connectivity index is 1.94. The zero-order chi connectivity index (χ0) is 10.7. The molecule has 4 heteroatoms. The molecule has 0 bridgehead atoms. The lowest BCUT2D eigenvalue weighted by molar-refractivity contribution is 0.527. The van der Waals surface area contributed by atoms with Crippen LogP contribution in [-0.4, -0.2) is 17.5 Å². The predicted molar refractivity (Wildman–Crippen MR) is 58.9 cm³/mol. The van der Waals surface area contributed by atoms with Gasteiger partial charge in [0.2, 0.25) is 0 Å². The lowest BCUT2D eigenvalue weighted by Crippen LogP contribution is -2.28. The minimum atomic E-state index is -0.381. The van der Waals surface area contributed by atoms with E-state index in [1.807, 2.05) is 11.8 Å². The van der Waals surface area contributed by atoms with Crippen LogP contribution in [0.25, 0.3) is 0 Å². The highest BCUT2D eigenvalue weighted by molar-refractivity contribution is 7.99. The van der Waals surface area contributed by atoms with Gasteiger partial charge in [-0.25, -0.2) is 8.78 Å². The Morgan fingerprint density at radius 1 is 1.40 bits per heavy atom. The first-order chi connectivity index (χ1) is 7.25. The highest BCUT2D eigenvalue weighted by Crippen LogP contribution is 2.18. The molecule has 0 amide bonds. The van der Waals surface area contributed by atoms with Crippen molar-refractivity contribution in [2.75, 3.05) is 11.5 Å². The molecule has 0 spiro atoms. The summed E-state index contributed by atoms with van der Waals surface area (Å²) in [7, 11) is 0. The van der Waals surface area contributed by atoms with Crippen molar-refractivity contribution in [3.63, 3.8) is 0 Å². The molecule has 15 heavy (non-hydrogen) atoms. The average Bonchev–Trinajstić information content (AvgIpc) is 2.72. The Bertz CT molecular complexity index is 337. The fraction of sp³-hybridized carbons (Fsp3) is 0.455. The maximum Gasteiger partial charge on any atom is 0.127 e. The van der Waals surface area contributed by atoms with Crippen molar-refractivity contribution in [1.82, 2.24) is 5.32 Å². The van der Waals surface area contributed by atoms with Gasteiger partial charge >= 0.3 is 0 Å². The topological polar surface area (TPSA) is 12.0 Å². The summed E-state index contributed by atoms with van der Waals surface area (Å²) in [5, 5.41) is 3.24. The van der Waals surface area contributed by atoms with Crippen LogP contribution in [0.3, 0.4) is 0 Å². The third kappa shape index (κ3) is 2.92. The van der Waals surface area contributed by atoms with Gasteiger partial charge in [0.25, 0.3) is 0 Å². The van der Waals surface area contributed by atoms with E-state index in [9.17, 15) is 8.78 Å². The lowest BCUT2D eigenvalue weighted by atomic mass is 10.2. The third-order valence-electron chi connectivity index (χ3n) is 2.52. The molecule has 1 aliphatic heterocycles. The van der Waals surface area contributed by atoms with Crippen LogP contribution in [0.4, 0.5) is 8.78 Å². The Hall–Kier alpha value is -0.610. The van der Waals surface area contributed by atoms with Crippen LogP contribution in [0, 0.1) is 11.6 Å². The molecule has 1 fully saturated rings. The SMILES string of the molecule is Fc1ccc(F)c(CNC2CCSC2)c1. The molecule has 2 rings (SSSR count). The van der Waals surface area contributed by atoms with Crippen LogP contribution in [0.15, 0.2) is 18.2 Å². The molecule has 1 nitrogen and oxygen atoms in total. The molecular formula is C11H13F2NS. The summed E-state index contributed by atoms with van der Waals surface area (Å²) in [4.78, 5) is 0. The number of hydrogen-bond acceptors (Lipinski definition) is 2. The minimum absolute atomic E-state index is 0.338. The first kappa shape index (κ1) is 10.9.